The number of hydrogen-bond donors (Lipinski definition) is 1. The molecule has 0 spiro atoms. The van der Waals surface area contributed by atoms with Crippen molar-refractivity contribution >= 4 is 17.8 Å². The predicted octanol–water partition coefficient (Wildman–Crippen LogP) is 1.51. The Morgan fingerprint density at radius 1 is 1.27 bits per heavy atom. The van der Waals surface area contributed by atoms with E-state index in [4.69, 9.17) is 18.7 Å². The molecule has 0 aliphatic carbocycles. The van der Waals surface area contributed by atoms with E-state index in [-0.39, 0.29) is 18.2 Å². The van der Waals surface area contributed by atoms with Crippen LogP contribution in [-0.4, -0.2) is 30.4 Å². The van der Waals surface area contributed by atoms with E-state index >= 15 is 0 Å². The molecule has 0 atom stereocenters. The molecule has 1 N–H and O–H groups in total. The van der Waals surface area contributed by atoms with Gasteiger partial charge >= 0.3 is 5.97 Å². The number of ether oxygens (including phenoxy) is 3. The van der Waals surface area contributed by atoms with Crippen molar-refractivity contribution < 1.29 is 28.3 Å². The number of aromatic nitrogens is 1. The normalized spacial score (nSPS) is 12.0. The summed E-state index contributed by atoms with van der Waals surface area (Å²) in [5.74, 6) is 0.0695. The lowest BCUT2D eigenvalue weighted by Crippen LogP contribution is -2.20. The summed E-state index contributed by atoms with van der Waals surface area (Å²) in [6.45, 7) is 1.40. The number of esters is 1. The number of hydrogen-bond acceptors (Lipinski definition) is 7. The zero-order chi connectivity index (χ0) is 15.5. The molecule has 114 valence electrons. The van der Waals surface area contributed by atoms with Gasteiger partial charge < -0.3 is 18.7 Å². The third-order valence-electron chi connectivity index (χ3n) is 2.83. The number of benzene rings is 1. The molecule has 1 amide bonds. The van der Waals surface area contributed by atoms with Crippen molar-refractivity contribution in [2.75, 3.05) is 18.7 Å². The maximum Gasteiger partial charge on any atom is 0.338 e. The number of aryl methyl sites for hydroxylation is 1. The Hall–Kier alpha value is -3.03. The Bertz CT molecular complexity index is 724. The Kier molecular flexibility index (Phi) is 3.65. The van der Waals surface area contributed by atoms with Gasteiger partial charge in [0.2, 0.25) is 12.7 Å². The standard InChI is InChI=1S/C14H12N2O6/c1-8-4-13(22-16-8)15-12(17)6-19-14(18)9-2-3-10-11(5-9)21-7-20-10/h2-5H,6-7H2,1H3,(H,15,17). The second-order valence-electron chi connectivity index (χ2n) is 4.52. The van der Waals surface area contributed by atoms with Crippen molar-refractivity contribution in [3.05, 3.63) is 35.5 Å². The van der Waals surface area contributed by atoms with Gasteiger partial charge in [-0.15, -0.1) is 0 Å². The van der Waals surface area contributed by atoms with Gasteiger partial charge in [-0.25, -0.2) is 4.79 Å². The Balaban J connectivity index is 1.54. The minimum Gasteiger partial charge on any atom is -0.454 e. The van der Waals surface area contributed by atoms with E-state index < -0.39 is 18.5 Å². The van der Waals surface area contributed by atoms with E-state index in [0.29, 0.717) is 17.2 Å². The Morgan fingerprint density at radius 2 is 2.09 bits per heavy atom. The summed E-state index contributed by atoms with van der Waals surface area (Å²) >= 11 is 0. The number of nitrogens with one attached hydrogen (secondary N) is 1. The molecule has 1 aromatic heterocycles. The lowest BCUT2D eigenvalue weighted by Gasteiger charge is -2.05. The fourth-order valence-electron chi connectivity index (χ4n) is 1.83. The number of rotatable bonds is 4. The first-order valence-electron chi connectivity index (χ1n) is 6.42. The van der Waals surface area contributed by atoms with Gasteiger partial charge in [0.25, 0.3) is 5.91 Å². The number of nitrogens with zero attached hydrogens (tertiary/aromatic N) is 1. The van der Waals surface area contributed by atoms with Crippen LogP contribution in [0.15, 0.2) is 28.8 Å². The van der Waals surface area contributed by atoms with Crippen LogP contribution in [0.2, 0.25) is 0 Å². The molecule has 0 unspecified atom stereocenters. The molecule has 8 heteroatoms. The van der Waals surface area contributed by atoms with E-state index in [1.165, 1.54) is 12.1 Å². The van der Waals surface area contributed by atoms with Crippen LogP contribution in [0.5, 0.6) is 11.5 Å². The minimum atomic E-state index is -0.637. The molecule has 0 saturated carbocycles. The van der Waals surface area contributed by atoms with Crippen LogP contribution in [0.1, 0.15) is 16.1 Å². The van der Waals surface area contributed by atoms with Gasteiger partial charge in [0.15, 0.2) is 18.1 Å². The molecule has 3 rings (SSSR count). The van der Waals surface area contributed by atoms with Crippen molar-refractivity contribution in [2.45, 2.75) is 6.92 Å². The van der Waals surface area contributed by atoms with Crippen LogP contribution in [-0.2, 0) is 9.53 Å². The highest BCUT2D eigenvalue weighted by Crippen LogP contribution is 2.32. The fraction of sp³-hybridized carbons (Fsp3) is 0.214. The van der Waals surface area contributed by atoms with Crippen LogP contribution in [0.3, 0.4) is 0 Å². The van der Waals surface area contributed by atoms with Gasteiger partial charge in [-0.2, -0.15) is 0 Å². The second kappa shape index (κ2) is 5.76. The monoisotopic (exact) mass is 304 g/mol. The molecule has 2 heterocycles. The average molecular weight is 304 g/mol. The highest BCUT2D eigenvalue weighted by Gasteiger charge is 2.18. The first-order chi connectivity index (χ1) is 10.6. The summed E-state index contributed by atoms with van der Waals surface area (Å²) in [6.07, 6.45) is 0. The van der Waals surface area contributed by atoms with Gasteiger partial charge in [0.1, 0.15) is 0 Å². The maximum atomic E-state index is 11.9. The molecule has 0 fully saturated rings. The van der Waals surface area contributed by atoms with Crippen LogP contribution in [0.4, 0.5) is 5.88 Å². The average Bonchev–Trinajstić information content (AvgIpc) is 3.12. The first-order valence-corrected chi connectivity index (χ1v) is 6.42. The number of carbonyl (C=O) groups is 2. The van der Waals surface area contributed by atoms with Crippen molar-refractivity contribution in [2.24, 2.45) is 0 Å². The third-order valence-corrected chi connectivity index (χ3v) is 2.83. The fourth-order valence-corrected chi connectivity index (χ4v) is 1.83. The van der Waals surface area contributed by atoms with E-state index in [0.717, 1.165) is 0 Å². The molecule has 0 radical (unpaired) electrons. The van der Waals surface area contributed by atoms with Gasteiger partial charge in [-0.1, -0.05) is 5.16 Å². The second-order valence-corrected chi connectivity index (χ2v) is 4.52. The molecular weight excluding hydrogens is 292 g/mol. The summed E-state index contributed by atoms with van der Waals surface area (Å²) in [6, 6.07) is 6.20. The molecule has 2 aromatic rings. The molecule has 0 saturated heterocycles. The highest BCUT2D eigenvalue weighted by molar-refractivity contribution is 5.95. The van der Waals surface area contributed by atoms with Gasteiger partial charge in [0.05, 0.1) is 11.3 Å². The van der Waals surface area contributed by atoms with E-state index in [1.54, 1.807) is 19.1 Å². The number of anilines is 1. The van der Waals surface area contributed by atoms with Crippen LogP contribution in [0.25, 0.3) is 0 Å². The third kappa shape index (κ3) is 3.00. The predicted molar refractivity (Wildman–Crippen MR) is 72.7 cm³/mol. The van der Waals surface area contributed by atoms with Crippen LogP contribution >= 0.6 is 0 Å². The lowest BCUT2D eigenvalue weighted by molar-refractivity contribution is -0.119. The molecule has 1 aliphatic heterocycles. The Labute approximate surface area is 124 Å². The summed E-state index contributed by atoms with van der Waals surface area (Å²) in [4.78, 5) is 23.5. The van der Waals surface area contributed by atoms with Gasteiger partial charge in [-0.05, 0) is 25.1 Å². The molecule has 0 bridgehead atoms. The largest absolute Gasteiger partial charge is 0.454 e. The molecule has 22 heavy (non-hydrogen) atoms. The maximum absolute atomic E-state index is 11.9. The summed E-state index contributed by atoms with van der Waals surface area (Å²) in [7, 11) is 0. The summed E-state index contributed by atoms with van der Waals surface area (Å²) < 4.78 is 20.1. The molecule has 1 aromatic carbocycles. The van der Waals surface area contributed by atoms with Crippen LogP contribution < -0.4 is 14.8 Å². The number of carbonyl (C=O) groups excluding carboxylic acids is 2. The smallest absolute Gasteiger partial charge is 0.338 e. The van der Waals surface area contributed by atoms with E-state index in [9.17, 15) is 9.59 Å². The van der Waals surface area contributed by atoms with Crippen molar-refractivity contribution in [1.29, 1.82) is 0 Å². The molecule has 8 nitrogen and oxygen atoms in total. The van der Waals surface area contributed by atoms with Gasteiger partial charge in [0, 0.05) is 6.07 Å². The molecular formula is C14H12N2O6. The van der Waals surface area contributed by atoms with E-state index in [2.05, 4.69) is 10.5 Å². The summed E-state index contributed by atoms with van der Waals surface area (Å²) in [5.41, 5.74) is 0.903. The topological polar surface area (TPSA) is 99.9 Å². The first kappa shape index (κ1) is 13.9. The quantitative estimate of drug-likeness (QED) is 0.854. The Morgan fingerprint density at radius 3 is 2.86 bits per heavy atom. The number of amides is 1. The zero-order valence-electron chi connectivity index (χ0n) is 11.6. The van der Waals surface area contributed by atoms with Crippen molar-refractivity contribution in [3.8, 4) is 11.5 Å². The van der Waals surface area contributed by atoms with Crippen molar-refractivity contribution in [1.82, 2.24) is 5.16 Å². The highest BCUT2D eigenvalue weighted by atomic mass is 16.7. The van der Waals surface area contributed by atoms with E-state index in [1.807, 2.05) is 0 Å². The minimum absolute atomic E-state index is 0.118. The van der Waals surface area contributed by atoms with Crippen molar-refractivity contribution in [3.63, 3.8) is 0 Å². The number of fused-ring (bicyclic) bond motifs is 1. The van der Waals surface area contributed by atoms with Crippen LogP contribution in [0, 0.1) is 6.92 Å². The van der Waals surface area contributed by atoms with Gasteiger partial charge in [-0.3, -0.25) is 10.1 Å². The SMILES string of the molecule is Cc1cc(NC(=O)COC(=O)c2ccc3c(c2)OCO3)on1. The lowest BCUT2D eigenvalue weighted by atomic mass is 10.2. The summed E-state index contributed by atoms with van der Waals surface area (Å²) in [5, 5.41) is 6.04. The zero-order valence-corrected chi connectivity index (χ0v) is 11.6. The molecule has 1 aliphatic rings.